The van der Waals surface area contributed by atoms with Gasteiger partial charge >= 0.3 is 5.97 Å². The number of carbonyl (C=O) groups is 1. The predicted octanol–water partition coefficient (Wildman–Crippen LogP) is 7.46. The average molecular weight is 477 g/mol. The zero-order valence-corrected chi connectivity index (χ0v) is 20.5. The molecule has 0 saturated heterocycles. The molecule has 174 valence electrons. The quantitative estimate of drug-likeness (QED) is 0.270. The molecule has 2 aromatic rings. The van der Waals surface area contributed by atoms with Crippen molar-refractivity contribution < 1.29 is 14.6 Å². The molecule has 1 aliphatic rings. The number of halogens is 2. The summed E-state index contributed by atoms with van der Waals surface area (Å²) in [5.41, 5.74) is 4.68. The molecule has 0 amide bonds. The summed E-state index contributed by atoms with van der Waals surface area (Å²) in [5.74, 6) is 0.0565. The first-order valence-electron chi connectivity index (χ1n) is 11.7. The Hall–Kier alpha value is -1.71. The van der Waals surface area contributed by atoms with Crippen LogP contribution in [-0.2, 0) is 11.2 Å². The second-order valence-corrected chi connectivity index (χ2v) is 10.0. The number of hydrogen-bond donors (Lipinski definition) is 1. The Balaban J connectivity index is 1.77. The number of rotatable bonds is 11. The van der Waals surface area contributed by atoms with E-state index in [4.69, 9.17) is 33.0 Å². The highest BCUT2D eigenvalue weighted by molar-refractivity contribution is 6.25. The van der Waals surface area contributed by atoms with Crippen LogP contribution < -0.4 is 4.74 Å². The Labute approximate surface area is 202 Å². The van der Waals surface area contributed by atoms with Crippen molar-refractivity contribution in [2.45, 2.75) is 81.4 Å². The number of aliphatic carboxylic acids is 1. The van der Waals surface area contributed by atoms with Gasteiger partial charge in [0.25, 0.3) is 0 Å². The van der Waals surface area contributed by atoms with Crippen molar-refractivity contribution in [3.05, 3.63) is 64.7 Å². The molecule has 0 radical (unpaired) electrons. The van der Waals surface area contributed by atoms with Crippen LogP contribution in [0.2, 0.25) is 0 Å². The van der Waals surface area contributed by atoms with Gasteiger partial charge < -0.3 is 9.84 Å². The van der Waals surface area contributed by atoms with Crippen molar-refractivity contribution in [3.63, 3.8) is 0 Å². The Morgan fingerprint density at radius 3 is 2.31 bits per heavy atom. The molecule has 1 N–H and O–H groups in total. The smallest absolute Gasteiger partial charge is 0.306 e. The van der Waals surface area contributed by atoms with E-state index in [2.05, 4.69) is 37.3 Å². The average Bonchev–Trinajstić information content (AvgIpc) is 3.06. The molecule has 0 aliphatic heterocycles. The van der Waals surface area contributed by atoms with E-state index in [1.54, 1.807) is 0 Å². The van der Waals surface area contributed by atoms with Gasteiger partial charge in [0, 0.05) is 22.6 Å². The minimum atomic E-state index is -0.866. The molecule has 2 aromatic carbocycles. The molecule has 3 rings (SSSR count). The van der Waals surface area contributed by atoms with Crippen LogP contribution in [0.1, 0.15) is 79.5 Å². The second-order valence-electron chi connectivity index (χ2n) is 8.89. The van der Waals surface area contributed by atoms with Crippen LogP contribution in [0.5, 0.6) is 5.75 Å². The topological polar surface area (TPSA) is 46.5 Å². The largest absolute Gasteiger partial charge is 0.493 e. The molecule has 5 heteroatoms. The number of alkyl halides is 2. The molecule has 4 unspecified atom stereocenters. The maximum absolute atomic E-state index is 10.8. The fourth-order valence-corrected chi connectivity index (χ4v) is 5.76. The molecule has 1 aliphatic carbocycles. The third-order valence-electron chi connectivity index (χ3n) is 6.47. The van der Waals surface area contributed by atoms with Gasteiger partial charge in [0.15, 0.2) is 0 Å². The molecule has 0 spiro atoms. The minimum absolute atomic E-state index is 0.0254. The molecule has 0 heterocycles. The number of aryl methyl sites for hydroxylation is 2. The number of hydrogen-bond acceptors (Lipinski definition) is 2. The maximum Gasteiger partial charge on any atom is 0.306 e. The van der Waals surface area contributed by atoms with Crippen molar-refractivity contribution in [3.8, 4) is 5.75 Å². The fraction of sp³-hybridized carbons (Fsp3) is 0.519. The van der Waals surface area contributed by atoms with Gasteiger partial charge in [-0.3, -0.25) is 4.79 Å². The summed E-state index contributed by atoms with van der Waals surface area (Å²) < 4.78 is 5.76. The lowest BCUT2D eigenvalue weighted by molar-refractivity contribution is -0.137. The summed E-state index contributed by atoms with van der Waals surface area (Å²) in [5, 5.41) is 8.80. The Bertz CT molecular complexity index is 881. The van der Waals surface area contributed by atoms with E-state index >= 15 is 0 Å². The molecule has 0 aromatic heterocycles. The third-order valence-corrected chi connectivity index (χ3v) is 7.37. The van der Waals surface area contributed by atoms with E-state index in [0.717, 1.165) is 24.0 Å². The first-order valence-corrected chi connectivity index (χ1v) is 12.6. The lowest BCUT2D eigenvalue weighted by atomic mass is 9.83. The van der Waals surface area contributed by atoms with Crippen molar-refractivity contribution >= 4 is 29.2 Å². The lowest BCUT2D eigenvalue weighted by Crippen LogP contribution is -2.15. The Morgan fingerprint density at radius 1 is 1.00 bits per heavy atom. The summed E-state index contributed by atoms with van der Waals surface area (Å²) in [6.45, 7) is 4.35. The molecule has 32 heavy (non-hydrogen) atoms. The van der Waals surface area contributed by atoms with E-state index in [-0.39, 0.29) is 35.6 Å². The van der Waals surface area contributed by atoms with Crippen LogP contribution in [0.3, 0.4) is 0 Å². The van der Waals surface area contributed by atoms with E-state index in [1.165, 1.54) is 36.8 Å². The first kappa shape index (κ1) is 24.9. The van der Waals surface area contributed by atoms with E-state index in [0.29, 0.717) is 5.75 Å². The van der Waals surface area contributed by atoms with Gasteiger partial charge in [0.1, 0.15) is 5.75 Å². The summed E-state index contributed by atoms with van der Waals surface area (Å²) in [6, 6.07) is 15.0. The fourth-order valence-electron chi connectivity index (χ4n) is 4.68. The summed E-state index contributed by atoms with van der Waals surface area (Å²) >= 11 is 13.6. The minimum Gasteiger partial charge on any atom is -0.493 e. The zero-order valence-electron chi connectivity index (χ0n) is 19.0. The van der Waals surface area contributed by atoms with E-state index in [9.17, 15) is 4.79 Å². The summed E-state index contributed by atoms with van der Waals surface area (Å²) in [6.07, 6.45) is 6.91. The third kappa shape index (κ3) is 6.42. The summed E-state index contributed by atoms with van der Waals surface area (Å²) in [7, 11) is 0. The van der Waals surface area contributed by atoms with Crippen LogP contribution in [0, 0.1) is 6.92 Å². The number of ether oxygens (including phenoxy) is 1. The Morgan fingerprint density at radius 2 is 1.66 bits per heavy atom. The predicted molar refractivity (Wildman–Crippen MR) is 133 cm³/mol. The van der Waals surface area contributed by atoms with Gasteiger partial charge in [-0.1, -0.05) is 62.6 Å². The zero-order chi connectivity index (χ0) is 23.1. The van der Waals surface area contributed by atoms with E-state index in [1.807, 2.05) is 19.1 Å². The first-order chi connectivity index (χ1) is 15.4. The summed E-state index contributed by atoms with van der Waals surface area (Å²) in [4.78, 5) is 10.8. The van der Waals surface area contributed by atoms with Gasteiger partial charge in [-0.05, 0) is 54.5 Å². The van der Waals surface area contributed by atoms with Crippen LogP contribution in [0.15, 0.2) is 42.5 Å². The van der Waals surface area contributed by atoms with Gasteiger partial charge in [0.05, 0.1) is 13.0 Å². The highest BCUT2D eigenvalue weighted by Gasteiger charge is 2.43. The van der Waals surface area contributed by atoms with E-state index < -0.39 is 5.97 Å². The van der Waals surface area contributed by atoms with Crippen LogP contribution >= 0.6 is 23.2 Å². The van der Waals surface area contributed by atoms with Crippen molar-refractivity contribution in [2.24, 2.45) is 0 Å². The van der Waals surface area contributed by atoms with Gasteiger partial charge in [-0.15, -0.1) is 23.2 Å². The van der Waals surface area contributed by atoms with Gasteiger partial charge in [-0.2, -0.15) is 0 Å². The Kier molecular flexibility index (Phi) is 9.31. The molecule has 3 nitrogen and oxygen atoms in total. The van der Waals surface area contributed by atoms with Crippen molar-refractivity contribution in [1.29, 1.82) is 0 Å². The number of carboxylic acid groups (broad SMARTS) is 1. The highest BCUT2D eigenvalue weighted by Crippen LogP contribution is 2.51. The van der Waals surface area contributed by atoms with Crippen molar-refractivity contribution in [1.82, 2.24) is 0 Å². The molecular weight excluding hydrogens is 443 g/mol. The standard InChI is InChI=1S/C27H34Cl2O3/c1-3-4-5-6-7-19-9-12-20(13-10-19)26-22(28)17-23(29)27(26)21-11-8-18(2)24(16-21)32-15-14-25(30)31/h8-13,16,22-23,26-27H,3-7,14-15,17H2,1-2H3,(H,30,31). The number of unbranched alkanes of at least 4 members (excludes halogenated alkanes) is 3. The SMILES string of the molecule is CCCCCCc1ccc(C2C(Cl)CC(Cl)C2c2ccc(C)c(OCCC(=O)O)c2)cc1. The molecular formula is C27H34Cl2O3. The monoisotopic (exact) mass is 476 g/mol. The van der Waals surface area contributed by atoms with Crippen LogP contribution in [0.25, 0.3) is 0 Å². The van der Waals surface area contributed by atoms with Crippen LogP contribution in [0.4, 0.5) is 0 Å². The normalized spacial score (nSPS) is 22.8. The number of benzene rings is 2. The van der Waals surface area contributed by atoms with Crippen LogP contribution in [-0.4, -0.2) is 28.4 Å². The highest BCUT2D eigenvalue weighted by atomic mass is 35.5. The molecule has 4 atom stereocenters. The molecule has 0 bridgehead atoms. The number of carboxylic acids is 1. The van der Waals surface area contributed by atoms with Gasteiger partial charge in [0.2, 0.25) is 0 Å². The van der Waals surface area contributed by atoms with Crippen molar-refractivity contribution in [2.75, 3.05) is 6.61 Å². The maximum atomic E-state index is 10.8. The van der Waals surface area contributed by atoms with Gasteiger partial charge in [-0.25, -0.2) is 0 Å². The molecule has 1 saturated carbocycles. The lowest BCUT2D eigenvalue weighted by Gasteiger charge is -2.25. The second kappa shape index (κ2) is 12.0. The molecule has 1 fully saturated rings.